The smallest absolute Gasteiger partial charge is 0.338 e. The lowest BCUT2D eigenvalue weighted by molar-refractivity contribution is 0.0600. The lowest BCUT2D eigenvalue weighted by atomic mass is 10.1. The number of esters is 1. The third kappa shape index (κ3) is 2.46. The van der Waals surface area contributed by atoms with E-state index in [-0.39, 0.29) is 5.97 Å². The van der Waals surface area contributed by atoms with Crippen LogP contribution in [0.25, 0.3) is 6.08 Å². The van der Waals surface area contributed by atoms with E-state index < -0.39 is 0 Å². The molecule has 1 aromatic carbocycles. The second-order valence-corrected chi connectivity index (χ2v) is 2.89. The van der Waals surface area contributed by atoms with Crippen LogP contribution < -0.4 is 0 Å². The van der Waals surface area contributed by atoms with Gasteiger partial charge in [0, 0.05) is 0 Å². The molecule has 0 unspecified atom stereocenters. The highest BCUT2D eigenvalue weighted by Gasteiger charge is 2.07. The van der Waals surface area contributed by atoms with E-state index in [4.69, 9.17) is 0 Å². The van der Waals surface area contributed by atoms with Gasteiger partial charge in [0.2, 0.25) is 0 Å². The van der Waals surface area contributed by atoms with Crippen LogP contribution in [0, 0.1) is 0 Å². The van der Waals surface area contributed by atoms with Crippen molar-refractivity contribution in [2.45, 2.75) is 13.3 Å². The summed E-state index contributed by atoms with van der Waals surface area (Å²) in [7, 11) is 1.39. The molecule has 0 amide bonds. The molecule has 0 saturated heterocycles. The normalized spacial score (nSPS) is 10.4. The molecule has 0 N–H and O–H groups in total. The Morgan fingerprint density at radius 2 is 2.14 bits per heavy atom. The van der Waals surface area contributed by atoms with Crippen molar-refractivity contribution in [2.75, 3.05) is 7.11 Å². The average Bonchev–Trinajstić information content (AvgIpc) is 2.25. The van der Waals surface area contributed by atoms with E-state index in [1.807, 2.05) is 30.4 Å². The standard InChI is InChI=1S/C12H14O2/c1-3-4-7-10-8-5-6-9-11(10)12(13)14-2/h4-9H,3H2,1-2H3/b7-4+. The summed E-state index contributed by atoms with van der Waals surface area (Å²) in [6, 6.07) is 7.40. The molecular formula is C12H14O2. The molecule has 2 heteroatoms. The Balaban J connectivity index is 3.03. The predicted molar refractivity (Wildman–Crippen MR) is 57.1 cm³/mol. The van der Waals surface area contributed by atoms with Gasteiger partial charge in [-0.3, -0.25) is 0 Å². The fourth-order valence-electron chi connectivity index (χ4n) is 1.18. The van der Waals surface area contributed by atoms with Crippen molar-refractivity contribution in [1.29, 1.82) is 0 Å². The maximum Gasteiger partial charge on any atom is 0.338 e. The highest BCUT2D eigenvalue weighted by Crippen LogP contribution is 2.12. The molecule has 0 aliphatic rings. The van der Waals surface area contributed by atoms with Crippen molar-refractivity contribution in [1.82, 2.24) is 0 Å². The van der Waals surface area contributed by atoms with E-state index in [1.54, 1.807) is 6.07 Å². The molecule has 2 nitrogen and oxygen atoms in total. The molecule has 1 rings (SSSR count). The highest BCUT2D eigenvalue weighted by atomic mass is 16.5. The third-order valence-corrected chi connectivity index (χ3v) is 1.90. The monoisotopic (exact) mass is 190 g/mol. The second kappa shape index (κ2) is 5.22. The molecule has 14 heavy (non-hydrogen) atoms. The van der Waals surface area contributed by atoms with Crippen molar-refractivity contribution >= 4 is 12.0 Å². The van der Waals surface area contributed by atoms with Crippen molar-refractivity contribution in [3.63, 3.8) is 0 Å². The van der Waals surface area contributed by atoms with Gasteiger partial charge in [-0.15, -0.1) is 0 Å². The summed E-state index contributed by atoms with van der Waals surface area (Å²) in [5, 5.41) is 0. The van der Waals surface area contributed by atoms with Gasteiger partial charge in [0.25, 0.3) is 0 Å². The van der Waals surface area contributed by atoms with Gasteiger partial charge in [-0.05, 0) is 18.1 Å². The number of allylic oxidation sites excluding steroid dienone is 1. The Hall–Kier alpha value is -1.57. The highest BCUT2D eigenvalue weighted by molar-refractivity contribution is 5.93. The first-order chi connectivity index (χ1) is 6.79. The number of methoxy groups -OCH3 is 1. The van der Waals surface area contributed by atoms with E-state index >= 15 is 0 Å². The topological polar surface area (TPSA) is 26.3 Å². The van der Waals surface area contributed by atoms with Crippen LogP contribution in [-0.4, -0.2) is 13.1 Å². The van der Waals surface area contributed by atoms with Crippen LogP contribution in [0.2, 0.25) is 0 Å². The maximum atomic E-state index is 11.3. The van der Waals surface area contributed by atoms with Gasteiger partial charge in [0.15, 0.2) is 0 Å². The van der Waals surface area contributed by atoms with Crippen LogP contribution in [0.3, 0.4) is 0 Å². The molecule has 0 saturated carbocycles. The Morgan fingerprint density at radius 3 is 2.79 bits per heavy atom. The van der Waals surface area contributed by atoms with Crippen LogP contribution in [0.4, 0.5) is 0 Å². The van der Waals surface area contributed by atoms with Crippen LogP contribution in [0.1, 0.15) is 29.3 Å². The lowest BCUT2D eigenvalue weighted by Gasteiger charge is -2.02. The summed E-state index contributed by atoms with van der Waals surface area (Å²) in [6.07, 6.45) is 4.91. The van der Waals surface area contributed by atoms with Crippen molar-refractivity contribution in [3.05, 3.63) is 41.5 Å². The second-order valence-electron chi connectivity index (χ2n) is 2.89. The third-order valence-electron chi connectivity index (χ3n) is 1.90. The Morgan fingerprint density at radius 1 is 1.43 bits per heavy atom. The quantitative estimate of drug-likeness (QED) is 0.685. The van der Waals surface area contributed by atoms with Gasteiger partial charge in [0.05, 0.1) is 12.7 Å². The Kier molecular flexibility index (Phi) is 3.92. The van der Waals surface area contributed by atoms with Gasteiger partial charge < -0.3 is 4.74 Å². The molecule has 0 spiro atoms. The Labute approximate surface area is 84.2 Å². The van der Waals surface area contributed by atoms with Gasteiger partial charge >= 0.3 is 5.97 Å². The van der Waals surface area contributed by atoms with Crippen LogP contribution in [0.15, 0.2) is 30.3 Å². The van der Waals surface area contributed by atoms with Gasteiger partial charge in [-0.2, -0.15) is 0 Å². The lowest BCUT2D eigenvalue weighted by Crippen LogP contribution is -2.02. The first-order valence-electron chi connectivity index (χ1n) is 4.63. The summed E-state index contributed by atoms with van der Waals surface area (Å²) >= 11 is 0. The SMILES string of the molecule is CC/C=C/c1ccccc1C(=O)OC. The largest absolute Gasteiger partial charge is 0.465 e. The number of carbonyl (C=O) groups excluding carboxylic acids is 1. The average molecular weight is 190 g/mol. The summed E-state index contributed by atoms with van der Waals surface area (Å²) in [4.78, 5) is 11.3. The molecule has 0 bridgehead atoms. The molecule has 1 aromatic rings. The van der Waals surface area contributed by atoms with Crippen LogP contribution in [0.5, 0.6) is 0 Å². The number of rotatable bonds is 3. The van der Waals surface area contributed by atoms with Crippen LogP contribution in [-0.2, 0) is 4.74 Å². The van der Waals surface area contributed by atoms with E-state index in [0.29, 0.717) is 5.56 Å². The molecule has 0 atom stereocenters. The minimum Gasteiger partial charge on any atom is -0.465 e. The molecule has 0 aromatic heterocycles. The van der Waals surface area contributed by atoms with Crippen molar-refractivity contribution in [3.8, 4) is 0 Å². The van der Waals surface area contributed by atoms with E-state index in [2.05, 4.69) is 11.7 Å². The van der Waals surface area contributed by atoms with Gasteiger partial charge in [0.1, 0.15) is 0 Å². The zero-order valence-electron chi connectivity index (χ0n) is 8.49. The van der Waals surface area contributed by atoms with E-state index in [0.717, 1.165) is 12.0 Å². The maximum absolute atomic E-state index is 11.3. The first kappa shape index (κ1) is 10.5. The summed E-state index contributed by atoms with van der Waals surface area (Å²) in [6.45, 7) is 2.05. The molecule has 0 aliphatic carbocycles. The first-order valence-corrected chi connectivity index (χ1v) is 4.63. The number of ether oxygens (including phenoxy) is 1. The number of hydrogen-bond donors (Lipinski definition) is 0. The Bertz CT molecular complexity index is 340. The molecule has 0 aliphatic heterocycles. The van der Waals surface area contributed by atoms with Crippen molar-refractivity contribution < 1.29 is 9.53 Å². The zero-order chi connectivity index (χ0) is 10.4. The van der Waals surface area contributed by atoms with E-state index in [1.165, 1.54) is 7.11 Å². The van der Waals surface area contributed by atoms with Crippen LogP contribution >= 0.6 is 0 Å². The summed E-state index contributed by atoms with van der Waals surface area (Å²) in [5.41, 5.74) is 1.51. The van der Waals surface area contributed by atoms with E-state index in [9.17, 15) is 4.79 Å². The fourth-order valence-corrected chi connectivity index (χ4v) is 1.18. The number of carbonyl (C=O) groups is 1. The molecular weight excluding hydrogens is 176 g/mol. The number of benzene rings is 1. The molecule has 0 fully saturated rings. The molecule has 0 heterocycles. The minimum atomic E-state index is -0.290. The van der Waals surface area contributed by atoms with Crippen molar-refractivity contribution in [2.24, 2.45) is 0 Å². The molecule has 0 radical (unpaired) electrons. The zero-order valence-corrected chi connectivity index (χ0v) is 8.49. The minimum absolute atomic E-state index is 0.290. The van der Waals surface area contributed by atoms with Gasteiger partial charge in [-0.1, -0.05) is 37.3 Å². The van der Waals surface area contributed by atoms with Gasteiger partial charge in [-0.25, -0.2) is 4.79 Å². The summed E-state index contributed by atoms with van der Waals surface area (Å²) < 4.78 is 4.68. The molecule has 74 valence electrons. The summed E-state index contributed by atoms with van der Waals surface area (Å²) in [5.74, 6) is -0.290. The number of hydrogen-bond acceptors (Lipinski definition) is 2. The predicted octanol–water partition coefficient (Wildman–Crippen LogP) is 2.90. The fraction of sp³-hybridized carbons (Fsp3) is 0.250.